The second-order valence-electron chi connectivity index (χ2n) is 5.33. The molecule has 0 aliphatic heterocycles. The Morgan fingerprint density at radius 1 is 1.20 bits per heavy atom. The van der Waals surface area contributed by atoms with E-state index in [2.05, 4.69) is 5.32 Å². The monoisotopic (exact) mass is 358 g/mol. The van der Waals surface area contributed by atoms with E-state index in [0.29, 0.717) is 16.5 Å². The number of amides is 2. The van der Waals surface area contributed by atoms with E-state index in [1.165, 1.54) is 11.0 Å². The molecule has 0 radical (unpaired) electrons. The lowest BCUT2D eigenvalue weighted by atomic mass is 10.2. The highest BCUT2D eigenvalue weighted by atomic mass is 35.5. The van der Waals surface area contributed by atoms with Gasteiger partial charge in [0.1, 0.15) is 5.75 Å². The number of carbonyl (C=O) groups is 2. The fraction of sp³-hybridized carbons (Fsp3) is 0.158. The van der Waals surface area contributed by atoms with E-state index in [0.717, 1.165) is 5.56 Å². The molecule has 0 bridgehead atoms. The van der Waals surface area contributed by atoms with Crippen LogP contribution < -0.4 is 10.1 Å². The maximum Gasteiger partial charge on any atom is 0.246 e. The quantitative estimate of drug-likeness (QED) is 0.804. The Bertz CT molecular complexity index is 790. The standard InChI is InChI=1S/C19H19ClN2O3/c1-22(13-18(23)21-17-9-4-3-8-16(17)20)19(24)11-10-14-6-5-7-15(12-14)25-2/h3-12H,13H2,1-2H3,(H,21,23)/b11-10+. The minimum atomic E-state index is -0.321. The number of hydrogen-bond donors (Lipinski definition) is 1. The molecule has 130 valence electrons. The molecule has 0 aromatic heterocycles. The average Bonchev–Trinajstić information content (AvgIpc) is 2.61. The van der Waals surface area contributed by atoms with Crippen molar-refractivity contribution in [2.45, 2.75) is 0 Å². The summed E-state index contributed by atoms with van der Waals surface area (Å²) in [6, 6.07) is 14.3. The van der Waals surface area contributed by atoms with Crippen molar-refractivity contribution in [3.63, 3.8) is 0 Å². The predicted molar refractivity (Wildman–Crippen MR) is 99.7 cm³/mol. The predicted octanol–water partition coefficient (Wildman–Crippen LogP) is 3.46. The third-order valence-corrected chi connectivity index (χ3v) is 3.75. The van der Waals surface area contributed by atoms with Crippen LogP contribution in [0.1, 0.15) is 5.56 Å². The van der Waals surface area contributed by atoms with Gasteiger partial charge < -0.3 is 15.0 Å². The van der Waals surface area contributed by atoms with E-state index < -0.39 is 0 Å². The third kappa shape index (κ3) is 5.65. The topological polar surface area (TPSA) is 58.6 Å². The van der Waals surface area contributed by atoms with Crippen LogP contribution in [-0.2, 0) is 9.59 Å². The summed E-state index contributed by atoms with van der Waals surface area (Å²) < 4.78 is 5.14. The SMILES string of the molecule is COc1cccc(/C=C/C(=O)N(C)CC(=O)Nc2ccccc2Cl)c1. The molecule has 0 fully saturated rings. The van der Waals surface area contributed by atoms with Gasteiger partial charge in [-0.05, 0) is 35.9 Å². The van der Waals surface area contributed by atoms with Crippen LogP contribution >= 0.6 is 11.6 Å². The van der Waals surface area contributed by atoms with Gasteiger partial charge in [-0.25, -0.2) is 0 Å². The van der Waals surface area contributed by atoms with Gasteiger partial charge in [-0.15, -0.1) is 0 Å². The molecule has 0 unspecified atom stereocenters. The number of nitrogens with one attached hydrogen (secondary N) is 1. The number of hydrogen-bond acceptors (Lipinski definition) is 3. The summed E-state index contributed by atoms with van der Waals surface area (Å²) >= 11 is 5.99. The number of ether oxygens (including phenoxy) is 1. The molecule has 0 spiro atoms. The number of para-hydroxylation sites is 1. The number of carbonyl (C=O) groups excluding carboxylic acids is 2. The van der Waals surface area contributed by atoms with Gasteiger partial charge in [0.25, 0.3) is 0 Å². The summed E-state index contributed by atoms with van der Waals surface area (Å²) in [6.45, 7) is -0.0769. The largest absolute Gasteiger partial charge is 0.497 e. The number of nitrogens with zero attached hydrogens (tertiary/aromatic N) is 1. The molecule has 0 aliphatic carbocycles. The first-order chi connectivity index (χ1) is 12.0. The highest BCUT2D eigenvalue weighted by molar-refractivity contribution is 6.33. The Hall–Kier alpha value is -2.79. The maximum absolute atomic E-state index is 12.1. The molecule has 2 aromatic rings. The minimum Gasteiger partial charge on any atom is -0.497 e. The number of rotatable bonds is 6. The summed E-state index contributed by atoms with van der Waals surface area (Å²) in [7, 11) is 3.14. The van der Waals surface area contributed by atoms with Gasteiger partial charge in [0, 0.05) is 13.1 Å². The van der Waals surface area contributed by atoms with Crippen molar-refractivity contribution in [3.8, 4) is 5.75 Å². The Morgan fingerprint density at radius 2 is 1.96 bits per heavy atom. The van der Waals surface area contributed by atoms with E-state index in [4.69, 9.17) is 16.3 Å². The van der Waals surface area contributed by atoms with Gasteiger partial charge in [0.15, 0.2) is 0 Å². The fourth-order valence-corrected chi connectivity index (χ4v) is 2.27. The molecule has 2 rings (SSSR count). The van der Waals surface area contributed by atoms with E-state index in [-0.39, 0.29) is 18.4 Å². The first kappa shape index (κ1) is 18.5. The van der Waals surface area contributed by atoms with Crippen LogP contribution in [0.4, 0.5) is 5.69 Å². The highest BCUT2D eigenvalue weighted by Crippen LogP contribution is 2.20. The second kappa shape index (κ2) is 8.89. The highest BCUT2D eigenvalue weighted by Gasteiger charge is 2.11. The number of likely N-dealkylation sites (N-methyl/N-ethyl adjacent to an activating group) is 1. The van der Waals surface area contributed by atoms with Gasteiger partial charge in [0.2, 0.25) is 11.8 Å². The van der Waals surface area contributed by atoms with Gasteiger partial charge in [-0.1, -0.05) is 35.9 Å². The van der Waals surface area contributed by atoms with Gasteiger partial charge in [-0.3, -0.25) is 9.59 Å². The lowest BCUT2D eigenvalue weighted by molar-refractivity contribution is -0.129. The van der Waals surface area contributed by atoms with Gasteiger partial charge >= 0.3 is 0 Å². The molecule has 6 heteroatoms. The van der Waals surface area contributed by atoms with Crippen molar-refractivity contribution < 1.29 is 14.3 Å². The normalized spacial score (nSPS) is 10.5. The van der Waals surface area contributed by atoms with Crippen molar-refractivity contribution in [1.82, 2.24) is 4.90 Å². The second-order valence-corrected chi connectivity index (χ2v) is 5.74. The average molecular weight is 359 g/mol. The first-order valence-electron chi connectivity index (χ1n) is 7.61. The minimum absolute atomic E-state index is 0.0769. The summed E-state index contributed by atoms with van der Waals surface area (Å²) in [4.78, 5) is 25.5. The Balaban J connectivity index is 1.92. The number of methoxy groups -OCH3 is 1. The molecular formula is C19H19ClN2O3. The molecule has 2 amide bonds. The van der Waals surface area contributed by atoms with Crippen molar-refractivity contribution in [2.75, 3.05) is 26.0 Å². The molecule has 0 saturated carbocycles. The Kier molecular flexibility index (Phi) is 6.60. The van der Waals surface area contributed by atoms with Crippen LogP contribution in [0, 0.1) is 0 Å². The zero-order chi connectivity index (χ0) is 18.2. The first-order valence-corrected chi connectivity index (χ1v) is 7.99. The van der Waals surface area contributed by atoms with Crippen LogP contribution in [-0.4, -0.2) is 37.4 Å². The van der Waals surface area contributed by atoms with E-state index >= 15 is 0 Å². The zero-order valence-corrected chi connectivity index (χ0v) is 14.8. The molecule has 0 saturated heterocycles. The van der Waals surface area contributed by atoms with Gasteiger partial charge in [-0.2, -0.15) is 0 Å². The zero-order valence-electron chi connectivity index (χ0n) is 14.0. The Labute approximate surface area is 151 Å². The molecule has 25 heavy (non-hydrogen) atoms. The molecule has 0 heterocycles. The van der Waals surface area contributed by atoms with Crippen molar-refractivity contribution in [3.05, 3.63) is 65.2 Å². The fourth-order valence-electron chi connectivity index (χ4n) is 2.09. The summed E-state index contributed by atoms with van der Waals surface area (Å²) in [5, 5.41) is 3.13. The van der Waals surface area contributed by atoms with Gasteiger partial charge in [0.05, 0.1) is 24.4 Å². The smallest absolute Gasteiger partial charge is 0.246 e. The summed E-state index contributed by atoms with van der Waals surface area (Å²) in [5.41, 5.74) is 1.35. The molecule has 2 aromatic carbocycles. The Morgan fingerprint density at radius 3 is 2.68 bits per heavy atom. The van der Waals surface area contributed by atoms with E-state index in [9.17, 15) is 9.59 Å². The third-order valence-electron chi connectivity index (χ3n) is 3.42. The number of halogens is 1. The maximum atomic E-state index is 12.1. The van der Waals surface area contributed by atoms with Crippen molar-refractivity contribution in [1.29, 1.82) is 0 Å². The van der Waals surface area contributed by atoms with E-state index in [1.54, 1.807) is 44.5 Å². The van der Waals surface area contributed by atoms with Crippen molar-refractivity contribution in [2.24, 2.45) is 0 Å². The van der Waals surface area contributed by atoms with Crippen LogP contribution in [0.15, 0.2) is 54.6 Å². The molecule has 0 atom stereocenters. The van der Waals surface area contributed by atoms with Crippen LogP contribution in [0.5, 0.6) is 5.75 Å². The summed E-state index contributed by atoms with van der Waals surface area (Å²) in [5.74, 6) is 0.109. The number of anilines is 1. The lowest BCUT2D eigenvalue weighted by Gasteiger charge is -2.15. The summed E-state index contributed by atoms with van der Waals surface area (Å²) in [6.07, 6.45) is 3.09. The van der Waals surface area contributed by atoms with Crippen LogP contribution in [0.2, 0.25) is 5.02 Å². The van der Waals surface area contributed by atoms with Crippen molar-refractivity contribution >= 4 is 35.2 Å². The lowest BCUT2D eigenvalue weighted by Crippen LogP contribution is -2.33. The molecule has 1 N–H and O–H groups in total. The number of benzene rings is 2. The molecule has 0 aliphatic rings. The van der Waals surface area contributed by atoms with E-state index in [1.807, 2.05) is 24.3 Å². The van der Waals surface area contributed by atoms with Crippen LogP contribution in [0.25, 0.3) is 6.08 Å². The molecular weight excluding hydrogens is 340 g/mol. The van der Waals surface area contributed by atoms with Crippen LogP contribution in [0.3, 0.4) is 0 Å². The molecule has 5 nitrogen and oxygen atoms in total.